The molecule has 1 aliphatic carbocycles. The topological polar surface area (TPSA) is 54.1 Å². The maximum Gasteiger partial charge on any atom is 0.220 e. The summed E-state index contributed by atoms with van der Waals surface area (Å²) in [6.45, 7) is 6.26. The van der Waals surface area contributed by atoms with Crippen molar-refractivity contribution >= 4 is 16.8 Å². The molecule has 1 aromatic carbocycles. The Balaban J connectivity index is 1.74. The van der Waals surface area contributed by atoms with Gasteiger partial charge in [0.05, 0.1) is 7.11 Å². The fourth-order valence-electron chi connectivity index (χ4n) is 3.24. The first kappa shape index (κ1) is 14.9. The van der Waals surface area contributed by atoms with Gasteiger partial charge < -0.3 is 15.0 Å². The highest BCUT2D eigenvalue weighted by atomic mass is 16.5. The van der Waals surface area contributed by atoms with E-state index in [0.717, 1.165) is 24.1 Å². The van der Waals surface area contributed by atoms with Crippen molar-refractivity contribution in [3.8, 4) is 5.75 Å². The number of carbonyl (C=O) groups is 1. The lowest BCUT2D eigenvalue weighted by Crippen LogP contribution is -2.37. The van der Waals surface area contributed by atoms with Crippen LogP contribution in [0.5, 0.6) is 5.75 Å². The van der Waals surface area contributed by atoms with Crippen molar-refractivity contribution in [3.63, 3.8) is 0 Å². The summed E-state index contributed by atoms with van der Waals surface area (Å²) in [6, 6.07) is 6.30. The van der Waals surface area contributed by atoms with Crippen LogP contribution in [0.1, 0.15) is 38.4 Å². The number of methoxy groups -OCH3 is 1. The van der Waals surface area contributed by atoms with E-state index < -0.39 is 0 Å². The first-order valence-corrected chi connectivity index (χ1v) is 7.82. The van der Waals surface area contributed by atoms with Gasteiger partial charge in [0.15, 0.2) is 0 Å². The zero-order chi connectivity index (χ0) is 15.9. The van der Waals surface area contributed by atoms with E-state index in [1.165, 1.54) is 16.6 Å². The molecular formula is C18H24N2O2. The van der Waals surface area contributed by atoms with Crippen LogP contribution in [-0.4, -0.2) is 24.0 Å². The van der Waals surface area contributed by atoms with Crippen LogP contribution in [0.25, 0.3) is 10.9 Å². The van der Waals surface area contributed by atoms with Crippen LogP contribution >= 0.6 is 0 Å². The Bertz CT molecular complexity index is 710. The average molecular weight is 300 g/mol. The quantitative estimate of drug-likeness (QED) is 0.914. The molecule has 3 rings (SSSR count). The van der Waals surface area contributed by atoms with Gasteiger partial charge in [-0.05, 0) is 35.6 Å². The Morgan fingerprint density at radius 2 is 2.14 bits per heavy atom. The number of amides is 1. The molecule has 1 aliphatic rings. The third-order valence-electron chi connectivity index (χ3n) is 4.16. The molecule has 0 radical (unpaired) electrons. The second kappa shape index (κ2) is 5.34. The zero-order valence-electron chi connectivity index (χ0n) is 13.7. The molecule has 0 saturated carbocycles. The molecule has 0 saturated heterocycles. The summed E-state index contributed by atoms with van der Waals surface area (Å²) in [5.41, 5.74) is 3.72. The van der Waals surface area contributed by atoms with E-state index in [9.17, 15) is 4.79 Å². The number of H-pyrrole nitrogens is 1. The lowest BCUT2D eigenvalue weighted by molar-refractivity contribution is -0.123. The second-order valence-electron chi connectivity index (χ2n) is 7.40. The number of rotatable bonds is 3. The molecule has 22 heavy (non-hydrogen) atoms. The minimum atomic E-state index is 0.0249. The van der Waals surface area contributed by atoms with Crippen LogP contribution in [0.15, 0.2) is 18.2 Å². The first-order chi connectivity index (χ1) is 10.4. The number of benzene rings is 1. The highest BCUT2D eigenvalue weighted by Crippen LogP contribution is 2.32. The average Bonchev–Trinajstić information content (AvgIpc) is 2.92. The van der Waals surface area contributed by atoms with Gasteiger partial charge in [-0.3, -0.25) is 4.79 Å². The predicted molar refractivity (Wildman–Crippen MR) is 88.3 cm³/mol. The van der Waals surface area contributed by atoms with Gasteiger partial charge in [0.1, 0.15) is 5.75 Å². The number of hydrogen-bond acceptors (Lipinski definition) is 2. The van der Waals surface area contributed by atoms with Crippen molar-refractivity contribution in [2.45, 2.75) is 46.1 Å². The first-order valence-electron chi connectivity index (χ1n) is 7.82. The molecule has 2 N–H and O–H groups in total. The van der Waals surface area contributed by atoms with Crippen LogP contribution in [0.3, 0.4) is 0 Å². The van der Waals surface area contributed by atoms with Gasteiger partial charge in [0.25, 0.3) is 0 Å². The molecule has 0 bridgehead atoms. The number of aromatic nitrogens is 1. The van der Waals surface area contributed by atoms with Crippen molar-refractivity contribution in [1.29, 1.82) is 0 Å². The van der Waals surface area contributed by atoms with Crippen LogP contribution in [-0.2, 0) is 17.6 Å². The number of ether oxygens (including phenoxy) is 1. The minimum Gasteiger partial charge on any atom is -0.497 e. The van der Waals surface area contributed by atoms with Crippen LogP contribution < -0.4 is 10.1 Å². The molecule has 0 spiro atoms. The number of aromatic amines is 1. The highest BCUT2D eigenvalue weighted by molar-refractivity contribution is 5.87. The van der Waals surface area contributed by atoms with Gasteiger partial charge >= 0.3 is 0 Å². The standard InChI is InChI=1S/C18H24N2O2/c1-18(2,3)10-17(21)19-11-7-13-14-9-12(22-4)5-6-15(14)20-16(13)8-11/h5-6,9,11,20H,7-8,10H2,1-4H3,(H,19,21). The van der Waals surface area contributed by atoms with E-state index in [-0.39, 0.29) is 17.4 Å². The normalized spacial score (nSPS) is 17.5. The van der Waals surface area contributed by atoms with Crippen molar-refractivity contribution in [3.05, 3.63) is 29.5 Å². The fourth-order valence-corrected chi connectivity index (χ4v) is 3.24. The smallest absolute Gasteiger partial charge is 0.220 e. The molecular weight excluding hydrogens is 276 g/mol. The van der Waals surface area contributed by atoms with Crippen LogP contribution in [0.4, 0.5) is 0 Å². The Morgan fingerprint density at radius 1 is 1.36 bits per heavy atom. The van der Waals surface area contributed by atoms with E-state index in [2.05, 4.69) is 43.2 Å². The van der Waals surface area contributed by atoms with Crippen LogP contribution in [0.2, 0.25) is 0 Å². The largest absolute Gasteiger partial charge is 0.497 e. The molecule has 1 unspecified atom stereocenters. The summed E-state index contributed by atoms with van der Waals surface area (Å²) < 4.78 is 5.31. The summed E-state index contributed by atoms with van der Waals surface area (Å²) in [7, 11) is 1.68. The fraction of sp³-hybridized carbons (Fsp3) is 0.500. The summed E-state index contributed by atoms with van der Waals surface area (Å²) in [5, 5.41) is 4.38. The molecule has 0 aliphatic heterocycles. The molecule has 0 fully saturated rings. The molecule has 1 aromatic heterocycles. The lowest BCUT2D eigenvalue weighted by Gasteiger charge is -2.19. The van der Waals surface area contributed by atoms with E-state index in [4.69, 9.17) is 4.74 Å². The SMILES string of the molecule is COc1ccc2[nH]c3c(c2c1)CC(NC(=O)CC(C)(C)C)C3. The number of nitrogens with one attached hydrogen (secondary N) is 2. The van der Waals surface area contributed by atoms with Crippen molar-refractivity contribution in [1.82, 2.24) is 10.3 Å². The van der Waals surface area contributed by atoms with Gasteiger partial charge in [0.2, 0.25) is 5.91 Å². The molecule has 118 valence electrons. The number of hydrogen-bond donors (Lipinski definition) is 2. The summed E-state index contributed by atoms with van der Waals surface area (Å²) in [6.07, 6.45) is 2.33. The van der Waals surface area contributed by atoms with E-state index >= 15 is 0 Å². The summed E-state index contributed by atoms with van der Waals surface area (Å²) in [4.78, 5) is 15.6. The second-order valence-corrected chi connectivity index (χ2v) is 7.40. The molecule has 4 nitrogen and oxygen atoms in total. The van der Waals surface area contributed by atoms with Crippen molar-refractivity contribution in [2.75, 3.05) is 7.11 Å². The van der Waals surface area contributed by atoms with Crippen molar-refractivity contribution < 1.29 is 9.53 Å². The Labute approximate surface area is 131 Å². The molecule has 4 heteroatoms. The third kappa shape index (κ3) is 2.96. The lowest BCUT2D eigenvalue weighted by atomic mass is 9.92. The maximum absolute atomic E-state index is 12.1. The van der Waals surface area contributed by atoms with Gasteiger partial charge in [-0.25, -0.2) is 0 Å². The van der Waals surface area contributed by atoms with Crippen molar-refractivity contribution in [2.24, 2.45) is 5.41 Å². The van der Waals surface area contributed by atoms with E-state index in [0.29, 0.717) is 6.42 Å². The summed E-state index contributed by atoms with van der Waals surface area (Å²) in [5.74, 6) is 1.01. The third-order valence-corrected chi connectivity index (χ3v) is 4.16. The van der Waals surface area contributed by atoms with Gasteiger partial charge in [0, 0.05) is 35.5 Å². The van der Waals surface area contributed by atoms with E-state index in [1.807, 2.05) is 6.07 Å². The minimum absolute atomic E-state index is 0.0249. The maximum atomic E-state index is 12.1. The highest BCUT2D eigenvalue weighted by Gasteiger charge is 2.27. The molecule has 1 heterocycles. The van der Waals surface area contributed by atoms with Gasteiger partial charge in [-0.15, -0.1) is 0 Å². The van der Waals surface area contributed by atoms with Crippen LogP contribution in [0, 0.1) is 5.41 Å². The Morgan fingerprint density at radius 3 is 2.82 bits per heavy atom. The molecule has 2 aromatic rings. The summed E-state index contributed by atoms with van der Waals surface area (Å²) >= 11 is 0. The molecule has 1 atom stereocenters. The van der Waals surface area contributed by atoms with Gasteiger partial charge in [-0.2, -0.15) is 0 Å². The van der Waals surface area contributed by atoms with E-state index in [1.54, 1.807) is 7.11 Å². The molecule has 1 amide bonds. The number of carbonyl (C=O) groups excluding carboxylic acids is 1. The number of fused-ring (bicyclic) bond motifs is 3. The Kier molecular flexibility index (Phi) is 3.63. The van der Waals surface area contributed by atoms with Gasteiger partial charge in [-0.1, -0.05) is 20.8 Å². The predicted octanol–water partition coefficient (Wildman–Crippen LogP) is 3.20. The zero-order valence-corrected chi connectivity index (χ0v) is 13.7. The monoisotopic (exact) mass is 300 g/mol. The Hall–Kier alpha value is -1.97.